The number of nitrogens with zero attached hydrogens (tertiary/aromatic N) is 5. The number of nitro groups is 1. The largest absolute Gasteiger partial charge is 0.421 e. The van der Waals surface area contributed by atoms with Crippen LogP contribution < -0.4 is 15.0 Å². The first-order chi connectivity index (χ1) is 13.5. The molecule has 140 valence electrons. The molecule has 3 heterocycles. The Hall–Kier alpha value is -4.28. The molecule has 1 N–H and O–H groups in total. The molecule has 11 heteroatoms. The molecule has 1 aliphatic rings. The van der Waals surface area contributed by atoms with E-state index in [0.717, 1.165) is 4.90 Å². The van der Waals surface area contributed by atoms with Crippen molar-refractivity contribution in [3.8, 4) is 11.6 Å². The summed E-state index contributed by atoms with van der Waals surface area (Å²) < 4.78 is 6.76. The molecular weight excluding hydrogens is 368 g/mol. The number of hydrogen-bond donors (Lipinski definition) is 1. The first-order valence-electron chi connectivity index (χ1n) is 8.06. The van der Waals surface area contributed by atoms with E-state index in [0.29, 0.717) is 11.5 Å². The quantitative estimate of drug-likeness (QED) is 0.543. The van der Waals surface area contributed by atoms with Gasteiger partial charge in [-0.3, -0.25) is 14.9 Å². The zero-order valence-electron chi connectivity index (χ0n) is 14.2. The summed E-state index contributed by atoms with van der Waals surface area (Å²) in [5.74, 6) is 0.362. The van der Waals surface area contributed by atoms with Crippen LogP contribution in [0.2, 0.25) is 0 Å². The second-order valence-electron chi connectivity index (χ2n) is 5.74. The highest BCUT2D eigenvalue weighted by Crippen LogP contribution is 2.29. The van der Waals surface area contributed by atoms with Gasteiger partial charge in [0.05, 0.1) is 10.6 Å². The molecule has 0 atom stereocenters. The van der Waals surface area contributed by atoms with Crippen LogP contribution in [-0.4, -0.2) is 38.2 Å². The third-order valence-corrected chi connectivity index (χ3v) is 3.90. The van der Waals surface area contributed by atoms with E-state index in [1.165, 1.54) is 28.9 Å². The van der Waals surface area contributed by atoms with Gasteiger partial charge in [-0.2, -0.15) is 5.10 Å². The van der Waals surface area contributed by atoms with Crippen molar-refractivity contribution in [1.82, 2.24) is 14.8 Å². The van der Waals surface area contributed by atoms with Crippen molar-refractivity contribution in [2.45, 2.75) is 0 Å². The first kappa shape index (κ1) is 17.1. The van der Waals surface area contributed by atoms with Gasteiger partial charge in [-0.25, -0.2) is 19.4 Å². The van der Waals surface area contributed by atoms with Crippen LogP contribution >= 0.6 is 0 Å². The molecular formula is C17H12N6O5. The molecule has 1 aromatic carbocycles. The number of nitrogens with one attached hydrogen (secondary N) is 1. The van der Waals surface area contributed by atoms with Gasteiger partial charge in [0, 0.05) is 24.5 Å². The molecule has 0 saturated carbocycles. The van der Waals surface area contributed by atoms with Crippen molar-refractivity contribution in [2.24, 2.45) is 0 Å². The van der Waals surface area contributed by atoms with Gasteiger partial charge in [0.1, 0.15) is 12.3 Å². The normalized spacial score (nSPS) is 12.9. The van der Waals surface area contributed by atoms with Gasteiger partial charge in [0.15, 0.2) is 11.6 Å². The van der Waals surface area contributed by atoms with Crippen molar-refractivity contribution in [1.29, 1.82) is 0 Å². The Bertz CT molecular complexity index is 1060. The van der Waals surface area contributed by atoms with Crippen LogP contribution in [0, 0.1) is 10.1 Å². The Morgan fingerprint density at radius 1 is 1.21 bits per heavy atom. The number of aromatic nitrogens is 3. The van der Waals surface area contributed by atoms with Gasteiger partial charge in [-0.1, -0.05) is 0 Å². The van der Waals surface area contributed by atoms with Crippen LogP contribution in [0.25, 0.3) is 5.82 Å². The smallest absolute Gasteiger partial charge is 0.410 e. The molecule has 1 aliphatic heterocycles. The topological polar surface area (TPSA) is 132 Å². The minimum Gasteiger partial charge on any atom is -0.410 e. The molecule has 0 aliphatic carbocycles. The Balaban J connectivity index is 1.62. The lowest BCUT2D eigenvalue weighted by molar-refractivity contribution is -0.384. The van der Waals surface area contributed by atoms with Gasteiger partial charge in [-0.15, -0.1) is 0 Å². The number of amides is 2. The average molecular weight is 380 g/mol. The minimum atomic E-state index is -0.838. The number of non-ortho nitro benzene ring substituents is 1. The molecule has 0 fully saturated rings. The molecule has 3 aromatic rings. The molecule has 2 aromatic heterocycles. The second kappa shape index (κ2) is 6.79. The van der Waals surface area contributed by atoms with Crippen molar-refractivity contribution >= 4 is 29.2 Å². The van der Waals surface area contributed by atoms with E-state index < -0.39 is 16.9 Å². The lowest BCUT2D eigenvalue weighted by Crippen LogP contribution is -2.44. The maximum absolute atomic E-state index is 12.6. The van der Waals surface area contributed by atoms with Crippen LogP contribution in [0.4, 0.5) is 22.0 Å². The number of pyridine rings is 1. The Morgan fingerprint density at radius 2 is 2.00 bits per heavy atom. The lowest BCUT2D eigenvalue weighted by atomic mass is 10.2. The summed E-state index contributed by atoms with van der Waals surface area (Å²) >= 11 is 0. The van der Waals surface area contributed by atoms with Crippen molar-refractivity contribution < 1.29 is 19.2 Å². The van der Waals surface area contributed by atoms with Crippen LogP contribution in [0.1, 0.15) is 0 Å². The molecule has 0 spiro atoms. The van der Waals surface area contributed by atoms with Gasteiger partial charge in [0.25, 0.3) is 5.69 Å². The summed E-state index contributed by atoms with van der Waals surface area (Å²) in [6.45, 7) is -0.283. The summed E-state index contributed by atoms with van der Waals surface area (Å²) in [6.07, 6.45) is 2.44. The van der Waals surface area contributed by atoms with E-state index in [1.807, 2.05) is 0 Å². The van der Waals surface area contributed by atoms with Gasteiger partial charge >= 0.3 is 6.09 Å². The molecule has 0 bridgehead atoms. The molecule has 4 rings (SSSR count). The molecule has 0 radical (unpaired) electrons. The van der Waals surface area contributed by atoms with Gasteiger partial charge in [-0.05, 0) is 30.3 Å². The highest BCUT2D eigenvalue weighted by Gasteiger charge is 2.30. The first-order valence-corrected chi connectivity index (χ1v) is 8.06. The number of anilines is 2. The molecule has 28 heavy (non-hydrogen) atoms. The standard InChI is InChI=1S/C17H12N6O5/c24-15-10-21(17(25)28-12-4-2-11(3-5-12)23(26)27)16-13(19-15)6-7-14(20-16)22-9-1-8-18-22/h1-9H,10H2,(H,19,24). The number of benzene rings is 1. The number of fused-ring (bicyclic) bond motifs is 1. The van der Waals surface area contributed by atoms with Crippen molar-refractivity contribution in [2.75, 3.05) is 16.8 Å². The Morgan fingerprint density at radius 3 is 2.68 bits per heavy atom. The fourth-order valence-electron chi connectivity index (χ4n) is 2.62. The fraction of sp³-hybridized carbons (Fsp3) is 0.0588. The maximum atomic E-state index is 12.6. The predicted octanol–water partition coefficient (Wildman–Crippen LogP) is 2.13. The van der Waals surface area contributed by atoms with E-state index >= 15 is 0 Å². The molecule has 0 unspecified atom stereocenters. The molecule has 2 amide bonds. The monoisotopic (exact) mass is 380 g/mol. The third-order valence-electron chi connectivity index (χ3n) is 3.90. The van der Waals surface area contributed by atoms with Gasteiger partial charge in [0.2, 0.25) is 5.91 Å². The Labute approximate surface area is 157 Å². The SMILES string of the molecule is O=C1CN(C(=O)Oc2ccc([N+](=O)[O-])cc2)c2nc(-n3cccn3)ccc2N1. The highest BCUT2D eigenvalue weighted by atomic mass is 16.6. The number of rotatable bonds is 3. The van der Waals surface area contributed by atoms with E-state index in [9.17, 15) is 19.7 Å². The van der Waals surface area contributed by atoms with Crippen molar-refractivity contribution in [3.05, 3.63) is 65.0 Å². The highest BCUT2D eigenvalue weighted by molar-refractivity contribution is 6.07. The van der Waals surface area contributed by atoms with E-state index in [1.54, 1.807) is 30.6 Å². The second-order valence-corrected chi connectivity index (χ2v) is 5.74. The van der Waals surface area contributed by atoms with Crippen LogP contribution in [0.15, 0.2) is 54.9 Å². The number of nitro benzene ring substituents is 1. The van der Waals surface area contributed by atoms with E-state index in [-0.39, 0.29) is 23.8 Å². The average Bonchev–Trinajstić information content (AvgIpc) is 3.22. The summed E-state index contributed by atoms with van der Waals surface area (Å²) in [7, 11) is 0. The number of carbonyl (C=O) groups is 2. The van der Waals surface area contributed by atoms with E-state index in [4.69, 9.17) is 4.74 Å². The van der Waals surface area contributed by atoms with Gasteiger partial charge < -0.3 is 10.1 Å². The number of carbonyl (C=O) groups excluding carboxylic acids is 2. The Kier molecular flexibility index (Phi) is 4.16. The van der Waals surface area contributed by atoms with E-state index in [2.05, 4.69) is 15.4 Å². The molecule has 0 saturated heterocycles. The lowest BCUT2D eigenvalue weighted by Gasteiger charge is -2.27. The fourth-order valence-corrected chi connectivity index (χ4v) is 2.62. The summed E-state index contributed by atoms with van der Waals surface area (Å²) in [5, 5.41) is 17.4. The van der Waals surface area contributed by atoms with Crippen LogP contribution in [0.3, 0.4) is 0 Å². The van der Waals surface area contributed by atoms with Crippen LogP contribution in [-0.2, 0) is 4.79 Å². The minimum absolute atomic E-state index is 0.103. The maximum Gasteiger partial charge on any atom is 0.421 e. The van der Waals surface area contributed by atoms with Crippen molar-refractivity contribution in [3.63, 3.8) is 0 Å². The molecule has 11 nitrogen and oxygen atoms in total. The number of ether oxygens (including phenoxy) is 1. The zero-order chi connectivity index (χ0) is 19.7. The zero-order valence-corrected chi connectivity index (χ0v) is 14.2. The van der Waals surface area contributed by atoms with Crippen LogP contribution in [0.5, 0.6) is 5.75 Å². The third kappa shape index (κ3) is 3.23. The summed E-state index contributed by atoms with van der Waals surface area (Å²) in [6, 6.07) is 10.0. The summed E-state index contributed by atoms with van der Waals surface area (Å²) in [5.41, 5.74) is 0.223. The number of hydrogen-bond acceptors (Lipinski definition) is 7. The summed E-state index contributed by atoms with van der Waals surface area (Å²) in [4.78, 5) is 40.2. The predicted molar refractivity (Wildman–Crippen MR) is 96.5 cm³/mol.